The lowest BCUT2D eigenvalue weighted by Crippen LogP contribution is -1.99. The Morgan fingerprint density at radius 3 is 2.88 bits per heavy atom. The quantitative estimate of drug-likeness (QED) is 0.576. The third kappa shape index (κ3) is 3.18. The van der Waals surface area contributed by atoms with Crippen LogP contribution in [0.15, 0.2) is 18.2 Å². The molecule has 0 atom stereocenters. The van der Waals surface area contributed by atoms with E-state index < -0.39 is 0 Å². The van der Waals surface area contributed by atoms with Gasteiger partial charge in [0.1, 0.15) is 5.75 Å². The van der Waals surface area contributed by atoms with Crippen molar-refractivity contribution in [3.8, 4) is 17.6 Å². The van der Waals surface area contributed by atoms with Crippen LogP contribution in [-0.4, -0.2) is 12.5 Å². The van der Waals surface area contributed by atoms with Gasteiger partial charge in [0.05, 0.1) is 12.5 Å². The Labute approximate surface area is 102 Å². The van der Waals surface area contributed by atoms with Crippen molar-refractivity contribution < 1.29 is 4.74 Å². The molecule has 1 fully saturated rings. The molecule has 16 heavy (non-hydrogen) atoms. The van der Waals surface area contributed by atoms with Crippen molar-refractivity contribution in [3.63, 3.8) is 0 Å². The van der Waals surface area contributed by atoms with E-state index in [1.165, 1.54) is 12.8 Å². The van der Waals surface area contributed by atoms with Crippen LogP contribution >= 0.6 is 11.6 Å². The Morgan fingerprint density at radius 1 is 1.44 bits per heavy atom. The predicted octanol–water partition coefficient (Wildman–Crippen LogP) is 3.37. The molecule has 1 saturated carbocycles. The van der Waals surface area contributed by atoms with Crippen LogP contribution in [0.3, 0.4) is 0 Å². The van der Waals surface area contributed by atoms with E-state index in [1.807, 2.05) is 25.1 Å². The van der Waals surface area contributed by atoms with E-state index in [0.29, 0.717) is 5.88 Å². The molecule has 0 aliphatic heterocycles. The summed E-state index contributed by atoms with van der Waals surface area (Å²) in [5.41, 5.74) is 2.17. The molecule has 84 valence electrons. The standard InChI is InChI=1S/C14H15ClO/c1-11-9-14(16-10-12-4-5-12)7-6-13(11)3-2-8-15/h6-7,9,12H,4-5,8,10H2,1H3. The second-order valence-corrected chi connectivity index (χ2v) is 4.43. The third-order valence-electron chi connectivity index (χ3n) is 2.67. The monoisotopic (exact) mass is 234 g/mol. The number of benzene rings is 1. The molecule has 1 aromatic rings. The van der Waals surface area contributed by atoms with E-state index in [4.69, 9.17) is 16.3 Å². The van der Waals surface area contributed by atoms with Crippen LogP contribution in [-0.2, 0) is 0 Å². The molecule has 1 aliphatic rings. The van der Waals surface area contributed by atoms with Crippen molar-refractivity contribution in [2.24, 2.45) is 5.92 Å². The van der Waals surface area contributed by atoms with Gasteiger partial charge in [-0.1, -0.05) is 11.8 Å². The first kappa shape index (κ1) is 11.4. The van der Waals surface area contributed by atoms with E-state index in [-0.39, 0.29) is 0 Å². The van der Waals surface area contributed by atoms with E-state index in [2.05, 4.69) is 11.8 Å². The van der Waals surface area contributed by atoms with Crippen molar-refractivity contribution in [1.82, 2.24) is 0 Å². The highest BCUT2D eigenvalue weighted by molar-refractivity contribution is 6.19. The molecule has 0 unspecified atom stereocenters. The molecular formula is C14H15ClO. The number of rotatable bonds is 3. The van der Waals surface area contributed by atoms with Crippen LogP contribution in [0.5, 0.6) is 5.75 Å². The fraction of sp³-hybridized carbons (Fsp3) is 0.429. The normalized spacial score (nSPS) is 14.1. The molecule has 0 amide bonds. The van der Waals surface area contributed by atoms with Crippen molar-refractivity contribution in [3.05, 3.63) is 29.3 Å². The molecular weight excluding hydrogens is 220 g/mol. The molecule has 2 rings (SSSR count). The molecule has 0 heterocycles. The second-order valence-electron chi connectivity index (χ2n) is 4.17. The van der Waals surface area contributed by atoms with Crippen LogP contribution in [0.25, 0.3) is 0 Å². The average Bonchev–Trinajstić information content (AvgIpc) is 3.09. The van der Waals surface area contributed by atoms with E-state index in [9.17, 15) is 0 Å². The van der Waals surface area contributed by atoms with Crippen molar-refractivity contribution >= 4 is 11.6 Å². The molecule has 1 nitrogen and oxygen atoms in total. The van der Waals surface area contributed by atoms with Crippen LogP contribution < -0.4 is 4.74 Å². The highest BCUT2D eigenvalue weighted by Gasteiger charge is 2.21. The van der Waals surface area contributed by atoms with Crippen LogP contribution in [0.2, 0.25) is 0 Å². The van der Waals surface area contributed by atoms with Gasteiger partial charge in [-0.05, 0) is 49.4 Å². The molecule has 0 spiro atoms. The number of hydrogen-bond donors (Lipinski definition) is 0. The number of ether oxygens (including phenoxy) is 1. The van der Waals surface area contributed by atoms with Gasteiger partial charge in [0.15, 0.2) is 0 Å². The summed E-state index contributed by atoms with van der Waals surface area (Å²) in [6.45, 7) is 2.90. The Balaban J connectivity index is 2.02. The number of hydrogen-bond acceptors (Lipinski definition) is 1. The van der Waals surface area contributed by atoms with E-state index in [1.54, 1.807) is 0 Å². The van der Waals surface area contributed by atoms with Crippen molar-refractivity contribution in [1.29, 1.82) is 0 Å². The fourth-order valence-electron chi connectivity index (χ4n) is 1.49. The first-order valence-electron chi connectivity index (χ1n) is 5.58. The zero-order valence-electron chi connectivity index (χ0n) is 9.42. The number of halogens is 1. The Hall–Kier alpha value is -1.13. The summed E-state index contributed by atoms with van der Waals surface area (Å²) >= 11 is 5.53. The van der Waals surface area contributed by atoms with Gasteiger partial charge in [-0.15, -0.1) is 11.6 Å². The highest BCUT2D eigenvalue weighted by atomic mass is 35.5. The summed E-state index contributed by atoms with van der Waals surface area (Å²) < 4.78 is 5.70. The Morgan fingerprint density at radius 2 is 2.25 bits per heavy atom. The Kier molecular flexibility index (Phi) is 3.74. The molecule has 0 N–H and O–H groups in total. The largest absolute Gasteiger partial charge is 0.493 e. The zero-order valence-corrected chi connectivity index (χ0v) is 10.2. The lowest BCUT2D eigenvalue weighted by molar-refractivity contribution is 0.299. The molecule has 0 bridgehead atoms. The summed E-state index contributed by atoms with van der Waals surface area (Å²) in [7, 11) is 0. The summed E-state index contributed by atoms with van der Waals surface area (Å²) in [6.07, 6.45) is 2.64. The summed E-state index contributed by atoms with van der Waals surface area (Å²) in [4.78, 5) is 0. The van der Waals surface area contributed by atoms with E-state index in [0.717, 1.165) is 29.4 Å². The first-order chi connectivity index (χ1) is 7.79. The average molecular weight is 235 g/mol. The number of alkyl halides is 1. The van der Waals surface area contributed by atoms with Gasteiger partial charge >= 0.3 is 0 Å². The van der Waals surface area contributed by atoms with Gasteiger partial charge in [0.2, 0.25) is 0 Å². The molecule has 0 radical (unpaired) electrons. The van der Waals surface area contributed by atoms with Gasteiger partial charge in [-0.2, -0.15) is 0 Å². The fourth-order valence-corrected chi connectivity index (χ4v) is 1.56. The van der Waals surface area contributed by atoms with Crippen LogP contribution in [0, 0.1) is 24.7 Å². The lowest BCUT2D eigenvalue weighted by atomic mass is 10.1. The van der Waals surface area contributed by atoms with E-state index >= 15 is 0 Å². The predicted molar refractivity (Wildman–Crippen MR) is 67.0 cm³/mol. The highest BCUT2D eigenvalue weighted by Crippen LogP contribution is 2.29. The topological polar surface area (TPSA) is 9.23 Å². The minimum Gasteiger partial charge on any atom is -0.493 e. The molecule has 1 aliphatic carbocycles. The van der Waals surface area contributed by atoms with Crippen molar-refractivity contribution in [2.75, 3.05) is 12.5 Å². The lowest BCUT2D eigenvalue weighted by Gasteiger charge is -2.06. The molecule has 2 heteroatoms. The summed E-state index contributed by atoms with van der Waals surface area (Å²) in [6, 6.07) is 6.02. The van der Waals surface area contributed by atoms with Crippen LogP contribution in [0.1, 0.15) is 24.0 Å². The molecule has 0 aromatic heterocycles. The second kappa shape index (κ2) is 5.27. The van der Waals surface area contributed by atoms with Gasteiger partial charge in [-0.3, -0.25) is 0 Å². The zero-order chi connectivity index (χ0) is 11.4. The summed E-state index contributed by atoms with van der Waals surface area (Å²) in [5.74, 6) is 8.00. The molecule has 1 aromatic carbocycles. The number of aryl methyl sites for hydroxylation is 1. The van der Waals surface area contributed by atoms with Crippen LogP contribution in [0.4, 0.5) is 0 Å². The molecule has 0 saturated heterocycles. The summed E-state index contributed by atoms with van der Waals surface area (Å²) in [5, 5.41) is 0. The minimum absolute atomic E-state index is 0.374. The van der Waals surface area contributed by atoms with Gasteiger partial charge in [-0.25, -0.2) is 0 Å². The maximum absolute atomic E-state index is 5.70. The van der Waals surface area contributed by atoms with Gasteiger partial charge in [0.25, 0.3) is 0 Å². The van der Waals surface area contributed by atoms with Gasteiger partial charge in [0, 0.05) is 5.56 Å². The minimum atomic E-state index is 0.374. The first-order valence-corrected chi connectivity index (χ1v) is 6.11. The smallest absolute Gasteiger partial charge is 0.119 e. The Bertz CT molecular complexity index is 424. The SMILES string of the molecule is Cc1cc(OCC2CC2)ccc1C#CCCl. The maximum Gasteiger partial charge on any atom is 0.119 e. The third-order valence-corrected chi connectivity index (χ3v) is 2.80. The van der Waals surface area contributed by atoms with Crippen molar-refractivity contribution in [2.45, 2.75) is 19.8 Å². The maximum atomic E-state index is 5.70. The van der Waals surface area contributed by atoms with Gasteiger partial charge < -0.3 is 4.74 Å².